The van der Waals surface area contributed by atoms with Crippen molar-refractivity contribution in [2.45, 2.75) is 45.6 Å². The van der Waals surface area contributed by atoms with Gasteiger partial charge in [0.1, 0.15) is 5.60 Å². The molecule has 0 spiro atoms. The highest BCUT2D eigenvalue weighted by atomic mass is 16.6. The lowest BCUT2D eigenvalue weighted by atomic mass is 10.1. The Labute approximate surface area is 89.9 Å². The van der Waals surface area contributed by atoms with Crippen LogP contribution in [0.5, 0.6) is 0 Å². The lowest BCUT2D eigenvalue weighted by molar-refractivity contribution is -0.0162. The molecule has 0 aromatic heterocycles. The maximum atomic E-state index is 9.67. The Morgan fingerprint density at radius 2 is 2.20 bits per heavy atom. The number of aliphatic hydroxyl groups excluding tert-OH is 1. The third-order valence-corrected chi connectivity index (χ3v) is 2.05. The minimum absolute atomic E-state index is 0.155. The number of ether oxygens (including phenoxy) is 1. The summed E-state index contributed by atoms with van der Waals surface area (Å²) in [5.41, 5.74) is 0.501. The second-order valence-electron chi connectivity index (χ2n) is 4.59. The van der Waals surface area contributed by atoms with Crippen molar-refractivity contribution >= 4 is 0 Å². The van der Waals surface area contributed by atoms with Crippen molar-refractivity contribution in [1.82, 2.24) is 0 Å². The molecule has 15 heavy (non-hydrogen) atoms. The predicted octanol–water partition coefficient (Wildman–Crippen LogP) is 3.49. The lowest BCUT2D eigenvalue weighted by Crippen LogP contribution is -2.19. The first-order chi connectivity index (χ1) is 6.94. The van der Waals surface area contributed by atoms with Gasteiger partial charge in [-0.25, -0.2) is 0 Å². The fourth-order valence-corrected chi connectivity index (χ4v) is 1.47. The van der Waals surface area contributed by atoms with Crippen molar-refractivity contribution in [1.29, 1.82) is 5.39 Å². The zero-order valence-electron chi connectivity index (χ0n) is 9.45. The highest BCUT2D eigenvalue weighted by molar-refractivity contribution is 5.37. The maximum absolute atomic E-state index is 9.67. The van der Waals surface area contributed by atoms with Crippen molar-refractivity contribution < 1.29 is 9.84 Å². The fraction of sp³-hybridized carbons (Fsp3) is 0.636. The number of rotatable bonds is 2. The number of hydrogen-bond donors (Lipinski definition) is 1. The van der Waals surface area contributed by atoms with Crippen LogP contribution in [0.15, 0.2) is 23.3 Å². The van der Waals surface area contributed by atoms with E-state index in [9.17, 15) is 5.11 Å². The van der Waals surface area contributed by atoms with Crippen LogP contribution in [-0.4, -0.2) is 10.7 Å². The van der Waals surface area contributed by atoms with Gasteiger partial charge in [-0.3, -0.25) is 0 Å². The predicted molar refractivity (Wildman–Crippen MR) is 57.5 cm³/mol. The third kappa shape index (κ3) is 3.28. The van der Waals surface area contributed by atoms with Crippen LogP contribution in [0.3, 0.4) is 0 Å². The Bertz CT molecular complexity index is 343. The van der Waals surface area contributed by atoms with Crippen LogP contribution in [0.2, 0.25) is 0 Å². The smallest absolute Gasteiger partial charge is 0.466 e. The number of allylic oxidation sites excluding steroid dienone is 2. The summed E-state index contributed by atoms with van der Waals surface area (Å²) < 4.78 is 5.24. The second-order valence-corrected chi connectivity index (χ2v) is 4.59. The van der Waals surface area contributed by atoms with Gasteiger partial charge in [0.2, 0.25) is 5.39 Å². The van der Waals surface area contributed by atoms with Crippen LogP contribution in [0.4, 0.5) is 0 Å². The quantitative estimate of drug-likeness (QED) is 0.559. The van der Waals surface area contributed by atoms with E-state index in [-0.39, 0.29) is 11.6 Å². The van der Waals surface area contributed by atoms with E-state index in [0.717, 1.165) is 24.8 Å². The van der Waals surface area contributed by atoms with Crippen molar-refractivity contribution in [3.05, 3.63) is 28.3 Å². The Balaban J connectivity index is 2.89. The highest BCUT2D eigenvalue weighted by Gasteiger charge is 2.30. The molecule has 0 saturated carbocycles. The molecule has 0 aliphatic heterocycles. The molecule has 0 aromatic rings. The molecule has 1 N–H and O–H groups in total. The van der Waals surface area contributed by atoms with E-state index in [1.54, 1.807) is 0 Å². The molecule has 0 amide bonds. The van der Waals surface area contributed by atoms with Crippen molar-refractivity contribution in [2.75, 3.05) is 0 Å². The van der Waals surface area contributed by atoms with Crippen LogP contribution in [-0.2, 0) is 4.74 Å². The Morgan fingerprint density at radius 1 is 1.53 bits per heavy atom. The lowest BCUT2D eigenvalue weighted by Gasteiger charge is -2.18. The van der Waals surface area contributed by atoms with Crippen LogP contribution in [0.1, 0.15) is 40.0 Å². The summed E-state index contributed by atoms with van der Waals surface area (Å²) in [6, 6.07) is 0. The summed E-state index contributed by atoms with van der Waals surface area (Å²) in [7, 11) is 0. The van der Waals surface area contributed by atoms with E-state index in [2.05, 4.69) is 4.98 Å². The van der Waals surface area contributed by atoms with Gasteiger partial charge >= 0.3 is 11.6 Å². The van der Waals surface area contributed by atoms with E-state index >= 15 is 0 Å². The molecule has 4 nitrogen and oxygen atoms in total. The number of hydrogen-bond acceptors (Lipinski definition) is 3. The van der Waals surface area contributed by atoms with Gasteiger partial charge < -0.3 is 9.84 Å². The Hall–Kier alpha value is -1.50. The summed E-state index contributed by atoms with van der Waals surface area (Å²) in [5, 5.41) is 18.5. The molecule has 0 bridgehead atoms. The molecule has 0 atom stereocenters. The minimum atomic E-state index is -0.501. The number of diazo groups is 1. The van der Waals surface area contributed by atoms with Crippen LogP contribution >= 0.6 is 0 Å². The summed E-state index contributed by atoms with van der Waals surface area (Å²) in [5.74, 6) is -0.307. The van der Waals surface area contributed by atoms with E-state index in [1.165, 1.54) is 0 Å². The molecular formula is C11H17N2O2+. The summed E-state index contributed by atoms with van der Waals surface area (Å²) in [6.45, 7) is 5.46. The maximum Gasteiger partial charge on any atom is 0.466 e. The van der Waals surface area contributed by atoms with Crippen molar-refractivity contribution in [3.63, 3.8) is 0 Å². The molecule has 1 rings (SSSR count). The molecular weight excluding hydrogens is 192 g/mol. The van der Waals surface area contributed by atoms with Gasteiger partial charge in [0, 0.05) is 0 Å². The average Bonchev–Trinajstić information content (AvgIpc) is 2.54. The molecule has 1 aliphatic carbocycles. The monoisotopic (exact) mass is 209 g/mol. The summed E-state index contributed by atoms with van der Waals surface area (Å²) in [4.78, 5) is 3.09. The van der Waals surface area contributed by atoms with Crippen LogP contribution < -0.4 is 0 Å². The van der Waals surface area contributed by atoms with Gasteiger partial charge in [0.05, 0.1) is 5.57 Å². The molecule has 1 aliphatic rings. The summed E-state index contributed by atoms with van der Waals surface area (Å²) >= 11 is 0. The first-order valence-electron chi connectivity index (χ1n) is 5.11. The molecule has 0 heterocycles. The zero-order valence-corrected chi connectivity index (χ0v) is 9.45. The fourth-order valence-electron chi connectivity index (χ4n) is 1.47. The molecule has 0 unspecified atom stereocenters. The Kier molecular flexibility index (Phi) is 3.35. The van der Waals surface area contributed by atoms with Gasteiger partial charge in [-0.2, -0.15) is 0 Å². The van der Waals surface area contributed by atoms with Crippen LogP contribution in [0.25, 0.3) is 4.98 Å². The van der Waals surface area contributed by atoms with E-state index in [4.69, 9.17) is 10.1 Å². The van der Waals surface area contributed by atoms with Gasteiger partial charge in [-0.05, 0) is 40.0 Å². The molecule has 4 heteroatoms. The van der Waals surface area contributed by atoms with Gasteiger partial charge in [-0.1, -0.05) is 6.08 Å². The van der Waals surface area contributed by atoms with E-state index < -0.39 is 5.60 Å². The van der Waals surface area contributed by atoms with Crippen LogP contribution in [0, 0.1) is 5.39 Å². The average molecular weight is 209 g/mol. The highest BCUT2D eigenvalue weighted by Crippen LogP contribution is 2.28. The normalized spacial score (nSPS) is 17.9. The first kappa shape index (κ1) is 11.6. The Morgan fingerprint density at radius 3 is 2.60 bits per heavy atom. The van der Waals surface area contributed by atoms with E-state index in [0.29, 0.717) is 0 Å². The summed E-state index contributed by atoms with van der Waals surface area (Å²) in [6.07, 6.45) is 4.75. The largest absolute Gasteiger partial charge is 0.475 e. The molecule has 0 aromatic carbocycles. The minimum Gasteiger partial charge on any atom is -0.475 e. The number of nitrogens with zero attached hydrogens (tertiary/aromatic N) is 2. The first-order valence-corrected chi connectivity index (χ1v) is 5.11. The zero-order chi connectivity index (χ0) is 11.5. The molecule has 0 saturated heterocycles. The molecule has 82 valence electrons. The standard InChI is InChI=1S/C11H16N2O2/c1-11(2,3)15-10(14)9(13-12)8-6-4-5-7-8/h6H,4-5,7H2,1-3H3/p+1/b10-9+. The topological polar surface area (TPSA) is 57.6 Å². The molecule has 0 fully saturated rings. The van der Waals surface area contributed by atoms with Gasteiger partial charge in [0.25, 0.3) is 0 Å². The SMILES string of the molecule is CC(C)(C)O/C(O)=C(/[N+]#N)C1=CCCC1. The van der Waals surface area contributed by atoms with Crippen molar-refractivity contribution in [2.24, 2.45) is 0 Å². The molecule has 0 radical (unpaired) electrons. The van der Waals surface area contributed by atoms with E-state index in [1.807, 2.05) is 26.8 Å². The van der Waals surface area contributed by atoms with Gasteiger partial charge in [0.15, 0.2) is 4.98 Å². The van der Waals surface area contributed by atoms with Gasteiger partial charge in [-0.15, -0.1) is 0 Å². The second kappa shape index (κ2) is 4.35. The third-order valence-electron chi connectivity index (χ3n) is 2.05. The van der Waals surface area contributed by atoms with Crippen molar-refractivity contribution in [3.8, 4) is 0 Å². The number of aliphatic hydroxyl groups is 1.